The van der Waals surface area contributed by atoms with Gasteiger partial charge in [0.15, 0.2) is 0 Å². The molecule has 3 heterocycles. The number of para-hydroxylation sites is 1. The highest BCUT2D eigenvalue weighted by Gasteiger charge is 2.46. The molecule has 0 bridgehead atoms. The molecule has 1 spiro atoms. The van der Waals surface area contributed by atoms with Crippen LogP contribution in [-0.2, 0) is 12.0 Å². The number of hydrogen-bond acceptors (Lipinski definition) is 4. The predicted octanol–water partition coefficient (Wildman–Crippen LogP) is 3.36. The van der Waals surface area contributed by atoms with Crippen LogP contribution in [0, 0.1) is 12.7 Å². The minimum Gasteiger partial charge on any atom is -0.312 e. The van der Waals surface area contributed by atoms with E-state index in [2.05, 4.69) is 38.8 Å². The summed E-state index contributed by atoms with van der Waals surface area (Å²) >= 11 is 0. The Morgan fingerprint density at radius 1 is 1.17 bits per heavy atom. The topological polar surface area (TPSA) is 75.6 Å². The standard InChI is InChI=1S/C23H20FN5O/c1-13-3-2-4-17(24)22(13)29-19(30)10-18-21(28-29)20(27-26-18)14-5-6-16-15(9-14)11-25-12-23(16)7-8-23/h2-6,9-10,25-26H,7-8,11-12H2,1H3. The minimum atomic E-state index is -0.483. The van der Waals surface area contributed by atoms with Crippen molar-refractivity contribution in [2.45, 2.75) is 31.7 Å². The Labute approximate surface area is 171 Å². The van der Waals surface area contributed by atoms with Crippen molar-refractivity contribution in [2.75, 3.05) is 6.54 Å². The van der Waals surface area contributed by atoms with Gasteiger partial charge in [-0.3, -0.25) is 9.89 Å². The quantitative estimate of drug-likeness (QED) is 0.540. The summed E-state index contributed by atoms with van der Waals surface area (Å²) in [5.74, 6) is -0.483. The van der Waals surface area contributed by atoms with Crippen molar-refractivity contribution in [3.8, 4) is 16.9 Å². The van der Waals surface area contributed by atoms with Crippen molar-refractivity contribution in [1.29, 1.82) is 0 Å². The van der Waals surface area contributed by atoms with Crippen molar-refractivity contribution in [1.82, 2.24) is 25.3 Å². The first-order chi connectivity index (χ1) is 14.6. The molecule has 150 valence electrons. The second-order valence-electron chi connectivity index (χ2n) is 8.39. The highest BCUT2D eigenvalue weighted by Crippen LogP contribution is 2.50. The third kappa shape index (κ3) is 2.48. The number of fused-ring (bicyclic) bond motifs is 3. The highest BCUT2D eigenvalue weighted by atomic mass is 19.1. The molecule has 1 saturated carbocycles. The van der Waals surface area contributed by atoms with E-state index in [-0.39, 0.29) is 5.69 Å². The van der Waals surface area contributed by atoms with Gasteiger partial charge in [0.05, 0.1) is 5.52 Å². The molecule has 6 rings (SSSR count). The molecular formula is C23H20FN5O. The lowest BCUT2D eigenvalue weighted by Crippen LogP contribution is -2.33. The van der Waals surface area contributed by atoms with E-state index in [0.717, 1.165) is 23.3 Å². The molecule has 2 aromatic heterocycles. The second kappa shape index (κ2) is 6.09. The first-order valence-corrected chi connectivity index (χ1v) is 10.1. The van der Waals surface area contributed by atoms with Gasteiger partial charge in [-0.25, -0.2) is 4.39 Å². The molecule has 1 aliphatic heterocycles. The van der Waals surface area contributed by atoms with Gasteiger partial charge in [0.1, 0.15) is 22.7 Å². The summed E-state index contributed by atoms with van der Waals surface area (Å²) in [6.07, 6.45) is 2.46. The number of benzene rings is 2. The lowest BCUT2D eigenvalue weighted by Gasteiger charge is -2.26. The number of hydrogen-bond donors (Lipinski definition) is 2. The van der Waals surface area contributed by atoms with E-state index in [1.54, 1.807) is 19.1 Å². The van der Waals surface area contributed by atoms with Gasteiger partial charge in [-0.15, -0.1) is 0 Å². The summed E-state index contributed by atoms with van der Waals surface area (Å²) in [6, 6.07) is 12.6. The van der Waals surface area contributed by atoms with Gasteiger partial charge in [-0.2, -0.15) is 14.9 Å². The van der Waals surface area contributed by atoms with Crippen molar-refractivity contribution < 1.29 is 4.39 Å². The smallest absolute Gasteiger partial charge is 0.273 e. The van der Waals surface area contributed by atoms with Crippen molar-refractivity contribution in [2.24, 2.45) is 0 Å². The van der Waals surface area contributed by atoms with Gasteiger partial charge in [0, 0.05) is 30.1 Å². The first kappa shape index (κ1) is 17.5. The fourth-order valence-corrected chi connectivity index (χ4v) is 4.67. The number of nitrogens with zero attached hydrogens (tertiary/aromatic N) is 3. The Morgan fingerprint density at radius 3 is 2.83 bits per heavy atom. The fraction of sp³-hybridized carbons (Fsp3) is 0.261. The van der Waals surface area contributed by atoms with Gasteiger partial charge in [-0.1, -0.05) is 24.3 Å². The summed E-state index contributed by atoms with van der Waals surface area (Å²) in [7, 11) is 0. The van der Waals surface area contributed by atoms with E-state index in [1.807, 2.05) is 0 Å². The normalized spacial score (nSPS) is 16.7. The van der Waals surface area contributed by atoms with Crippen LogP contribution < -0.4 is 10.9 Å². The number of aromatic amines is 1. The predicted molar refractivity (Wildman–Crippen MR) is 112 cm³/mol. The van der Waals surface area contributed by atoms with Crippen LogP contribution in [0.15, 0.2) is 47.3 Å². The Bertz CT molecular complexity index is 1360. The van der Waals surface area contributed by atoms with Crippen LogP contribution in [0.5, 0.6) is 0 Å². The molecule has 0 atom stereocenters. The molecule has 0 unspecified atom stereocenters. The number of H-pyrrole nitrogens is 1. The Kier molecular flexibility index (Phi) is 3.56. The van der Waals surface area contributed by atoms with Crippen molar-refractivity contribution >= 4 is 11.0 Å². The van der Waals surface area contributed by atoms with E-state index in [4.69, 9.17) is 0 Å². The van der Waals surface area contributed by atoms with Crippen LogP contribution in [0.25, 0.3) is 28.0 Å². The summed E-state index contributed by atoms with van der Waals surface area (Å²) in [6.45, 7) is 3.64. The third-order valence-electron chi connectivity index (χ3n) is 6.43. The molecule has 6 nitrogen and oxygen atoms in total. The number of rotatable bonds is 2. The lowest BCUT2D eigenvalue weighted by molar-refractivity contribution is 0.531. The van der Waals surface area contributed by atoms with Crippen LogP contribution in [0.2, 0.25) is 0 Å². The maximum absolute atomic E-state index is 14.5. The molecular weight excluding hydrogens is 381 g/mol. The average Bonchev–Trinajstić information content (AvgIpc) is 3.38. The molecule has 2 N–H and O–H groups in total. The van der Waals surface area contributed by atoms with Gasteiger partial charge in [0.25, 0.3) is 5.56 Å². The largest absolute Gasteiger partial charge is 0.312 e. The minimum absolute atomic E-state index is 0.168. The monoisotopic (exact) mass is 401 g/mol. The van der Waals surface area contributed by atoms with Gasteiger partial charge in [0.2, 0.25) is 0 Å². The maximum Gasteiger partial charge on any atom is 0.273 e. The number of aryl methyl sites for hydroxylation is 1. The molecule has 1 fully saturated rings. The molecule has 4 aromatic rings. The average molecular weight is 401 g/mol. The van der Waals surface area contributed by atoms with E-state index >= 15 is 0 Å². The van der Waals surface area contributed by atoms with Crippen LogP contribution >= 0.6 is 0 Å². The van der Waals surface area contributed by atoms with E-state index in [1.165, 1.54) is 36.1 Å². The molecule has 7 heteroatoms. The van der Waals surface area contributed by atoms with Crippen LogP contribution in [-0.4, -0.2) is 26.5 Å². The summed E-state index contributed by atoms with van der Waals surface area (Å²) < 4.78 is 15.6. The summed E-state index contributed by atoms with van der Waals surface area (Å²) in [5, 5.41) is 15.4. The molecule has 30 heavy (non-hydrogen) atoms. The first-order valence-electron chi connectivity index (χ1n) is 10.1. The summed E-state index contributed by atoms with van der Waals surface area (Å²) in [5.41, 5.74) is 6.09. The zero-order chi connectivity index (χ0) is 20.5. The Hall–Kier alpha value is -3.32. The van der Waals surface area contributed by atoms with Crippen LogP contribution in [0.4, 0.5) is 4.39 Å². The molecule has 0 amide bonds. The summed E-state index contributed by atoms with van der Waals surface area (Å²) in [4.78, 5) is 12.6. The fourth-order valence-electron chi connectivity index (χ4n) is 4.67. The molecule has 2 aliphatic rings. The maximum atomic E-state index is 14.5. The van der Waals surface area contributed by atoms with Crippen molar-refractivity contribution in [3.63, 3.8) is 0 Å². The zero-order valence-electron chi connectivity index (χ0n) is 16.5. The van der Waals surface area contributed by atoms with Crippen LogP contribution in [0.1, 0.15) is 29.5 Å². The number of halogens is 1. The van der Waals surface area contributed by atoms with E-state index < -0.39 is 11.4 Å². The number of nitrogens with one attached hydrogen (secondary N) is 2. The van der Waals surface area contributed by atoms with E-state index in [9.17, 15) is 9.18 Å². The molecule has 0 radical (unpaired) electrons. The van der Waals surface area contributed by atoms with Gasteiger partial charge in [-0.05, 0) is 48.6 Å². The lowest BCUT2D eigenvalue weighted by atomic mass is 9.86. The zero-order valence-corrected chi connectivity index (χ0v) is 16.5. The third-order valence-corrected chi connectivity index (χ3v) is 6.43. The van der Waals surface area contributed by atoms with Crippen molar-refractivity contribution in [3.05, 3.63) is 75.3 Å². The highest BCUT2D eigenvalue weighted by molar-refractivity contribution is 5.89. The Morgan fingerprint density at radius 2 is 2.03 bits per heavy atom. The second-order valence-corrected chi connectivity index (χ2v) is 8.39. The molecule has 0 saturated heterocycles. The van der Waals surface area contributed by atoms with Gasteiger partial charge >= 0.3 is 0 Å². The van der Waals surface area contributed by atoms with E-state index in [0.29, 0.717) is 27.7 Å². The number of aromatic nitrogens is 4. The SMILES string of the molecule is Cc1cccc(F)c1-n1nc2c(-c3ccc4c(c3)CNCC43CC3)n[nH]c2cc1=O. The van der Waals surface area contributed by atoms with Crippen LogP contribution in [0.3, 0.4) is 0 Å². The molecule has 2 aromatic carbocycles. The van der Waals surface area contributed by atoms with Gasteiger partial charge < -0.3 is 5.32 Å². The Balaban J connectivity index is 1.53. The molecule has 1 aliphatic carbocycles.